The van der Waals surface area contributed by atoms with Gasteiger partial charge in [0.1, 0.15) is 11.4 Å². The van der Waals surface area contributed by atoms with Crippen LogP contribution in [0.4, 0.5) is 0 Å². The number of aromatic hydroxyl groups is 1. The number of hydrogen-bond donors (Lipinski definition) is 2. The maximum Gasteiger partial charge on any atom is 0.253 e. The molecule has 2 N–H and O–H groups in total. The minimum Gasteiger partial charge on any atom is -0.507 e. The number of pyridine rings is 1. The van der Waals surface area contributed by atoms with E-state index < -0.39 is 0 Å². The third kappa shape index (κ3) is 1.48. The van der Waals surface area contributed by atoms with Gasteiger partial charge < -0.3 is 10.1 Å². The molecule has 0 aromatic carbocycles. The summed E-state index contributed by atoms with van der Waals surface area (Å²) in [6, 6.07) is 1.17. The van der Waals surface area contributed by atoms with Gasteiger partial charge >= 0.3 is 0 Å². The van der Waals surface area contributed by atoms with E-state index in [2.05, 4.69) is 10.1 Å². The van der Waals surface area contributed by atoms with Crippen molar-refractivity contribution in [1.29, 1.82) is 0 Å². The van der Waals surface area contributed by atoms with Gasteiger partial charge in [-0.2, -0.15) is 5.10 Å². The van der Waals surface area contributed by atoms with Crippen molar-refractivity contribution in [2.24, 2.45) is 0 Å². The lowest BCUT2D eigenvalue weighted by molar-refractivity contribution is 0.364. The Morgan fingerprint density at radius 1 is 1.44 bits per heavy atom. The van der Waals surface area contributed by atoms with Crippen molar-refractivity contribution in [3.05, 3.63) is 22.1 Å². The smallest absolute Gasteiger partial charge is 0.253 e. The standard InChI is InChI=1S/C11H15N3O2/c1-6-9-7(15)5-8(16)12-10(9)14(13-6)11(2,3)4/h5H,1-4H3,(H2,12,15,16). The number of H-pyrrole nitrogens is 1. The summed E-state index contributed by atoms with van der Waals surface area (Å²) in [5, 5.41) is 14.7. The molecule has 2 heterocycles. The van der Waals surface area contributed by atoms with Crippen LogP contribution in [-0.2, 0) is 5.54 Å². The Morgan fingerprint density at radius 2 is 2.06 bits per heavy atom. The number of aromatic amines is 1. The van der Waals surface area contributed by atoms with Gasteiger partial charge in [-0.15, -0.1) is 0 Å². The van der Waals surface area contributed by atoms with Crippen LogP contribution in [0.2, 0.25) is 0 Å². The van der Waals surface area contributed by atoms with Crippen molar-refractivity contribution < 1.29 is 5.11 Å². The fraction of sp³-hybridized carbons (Fsp3) is 0.455. The molecule has 2 aromatic heterocycles. The molecule has 0 aliphatic carbocycles. The van der Waals surface area contributed by atoms with Gasteiger partial charge in [0.05, 0.1) is 16.6 Å². The molecule has 5 heteroatoms. The van der Waals surface area contributed by atoms with E-state index in [0.29, 0.717) is 16.7 Å². The van der Waals surface area contributed by atoms with E-state index >= 15 is 0 Å². The van der Waals surface area contributed by atoms with Crippen LogP contribution in [0.1, 0.15) is 26.5 Å². The summed E-state index contributed by atoms with van der Waals surface area (Å²) >= 11 is 0. The van der Waals surface area contributed by atoms with Crippen LogP contribution >= 0.6 is 0 Å². The highest BCUT2D eigenvalue weighted by Gasteiger charge is 2.21. The van der Waals surface area contributed by atoms with E-state index in [1.165, 1.54) is 6.07 Å². The minimum absolute atomic E-state index is 0.0215. The molecule has 0 amide bonds. The van der Waals surface area contributed by atoms with Gasteiger partial charge in [-0.3, -0.25) is 4.79 Å². The summed E-state index contributed by atoms with van der Waals surface area (Å²) in [5.74, 6) is -0.0215. The summed E-state index contributed by atoms with van der Waals surface area (Å²) in [6.45, 7) is 7.77. The first kappa shape index (κ1) is 10.7. The van der Waals surface area contributed by atoms with Crippen LogP contribution in [0, 0.1) is 6.92 Å². The highest BCUT2D eigenvalue weighted by Crippen LogP contribution is 2.27. The van der Waals surface area contributed by atoms with Crippen LogP contribution in [0.15, 0.2) is 10.9 Å². The zero-order chi connectivity index (χ0) is 12.1. The molecule has 0 fully saturated rings. The minimum atomic E-state index is -0.324. The van der Waals surface area contributed by atoms with E-state index in [1.54, 1.807) is 4.68 Å². The van der Waals surface area contributed by atoms with Crippen molar-refractivity contribution >= 4 is 11.0 Å². The zero-order valence-corrected chi connectivity index (χ0v) is 9.83. The number of rotatable bonds is 0. The topological polar surface area (TPSA) is 70.9 Å². The molecule has 5 nitrogen and oxygen atoms in total. The summed E-state index contributed by atoms with van der Waals surface area (Å²) in [5.41, 5.74) is 0.701. The predicted octanol–water partition coefficient (Wildman–Crippen LogP) is 1.49. The first-order valence-electron chi connectivity index (χ1n) is 5.13. The normalized spacial score (nSPS) is 12.2. The zero-order valence-electron chi connectivity index (χ0n) is 9.83. The Labute approximate surface area is 92.7 Å². The van der Waals surface area contributed by atoms with Crippen molar-refractivity contribution in [1.82, 2.24) is 14.8 Å². The highest BCUT2D eigenvalue weighted by atomic mass is 16.3. The van der Waals surface area contributed by atoms with E-state index in [0.717, 1.165) is 0 Å². The average molecular weight is 221 g/mol. The van der Waals surface area contributed by atoms with Crippen molar-refractivity contribution in [2.45, 2.75) is 33.2 Å². The van der Waals surface area contributed by atoms with Crippen LogP contribution in [0.5, 0.6) is 5.75 Å². The van der Waals surface area contributed by atoms with Crippen molar-refractivity contribution in [2.75, 3.05) is 0 Å². The fourth-order valence-corrected chi connectivity index (χ4v) is 1.78. The molecule has 0 unspecified atom stereocenters. The Morgan fingerprint density at radius 3 is 2.62 bits per heavy atom. The SMILES string of the molecule is Cc1nn(C(C)(C)C)c2[nH]c(=O)cc(O)c12. The van der Waals surface area contributed by atoms with Gasteiger partial charge in [0.2, 0.25) is 0 Å². The Hall–Kier alpha value is -1.78. The lowest BCUT2D eigenvalue weighted by Gasteiger charge is -2.19. The molecule has 0 aliphatic rings. The molecular weight excluding hydrogens is 206 g/mol. The molecule has 16 heavy (non-hydrogen) atoms. The van der Waals surface area contributed by atoms with Crippen LogP contribution in [-0.4, -0.2) is 19.9 Å². The van der Waals surface area contributed by atoms with Crippen molar-refractivity contribution in [3.63, 3.8) is 0 Å². The third-order valence-corrected chi connectivity index (χ3v) is 2.46. The Bertz CT molecular complexity index is 602. The summed E-state index contributed by atoms with van der Waals surface area (Å²) in [7, 11) is 0. The number of fused-ring (bicyclic) bond motifs is 1. The fourth-order valence-electron chi connectivity index (χ4n) is 1.78. The number of aryl methyl sites for hydroxylation is 1. The van der Waals surface area contributed by atoms with Crippen LogP contribution in [0.25, 0.3) is 11.0 Å². The molecule has 2 aromatic rings. The molecule has 86 valence electrons. The van der Waals surface area contributed by atoms with Gasteiger partial charge in [-0.25, -0.2) is 4.68 Å². The maximum absolute atomic E-state index is 11.3. The number of nitrogens with one attached hydrogen (secondary N) is 1. The van der Waals surface area contributed by atoms with Crippen LogP contribution < -0.4 is 5.56 Å². The lowest BCUT2D eigenvalue weighted by atomic mass is 10.1. The average Bonchev–Trinajstić information content (AvgIpc) is 2.41. The molecule has 0 aliphatic heterocycles. The largest absolute Gasteiger partial charge is 0.507 e. The summed E-state index contributed by atoms with van der Waals surface area (Å²) in [6.07, 6.45) is 0. The third-order valence-electron chi connectivity index (χ3n) is 2.46. The van der Waals surface area contributed by atoms with Crippen LogP contribution in [0.3, 0.4) is 0 Å². The van der Waals surface area contributed by atoms with Gasteiger partial charge in [0.25, 0.3) is 5.56 Å². The van der Waals surface area contributed by atoms with Gasteiger partial charge in [-0.1, -0.05) is 0 Å². The highest BCUT2D eigenvalue weighted by molar-refractivity contribution is 5.84. The summed E-state index contributed by atoms with van der Waals surface area (Å²) in [4.78, 5) is 14.0. The molecule has 0 bridgehead atoms. The second-order valence-corrected chi connectivity index (χ2v) is 4.91. The maximum atomic E-state index is 11.3. The monoisotopic (exact) mass is 221 g/mol. The van der Waals surface area contributed by atoms with Gasteiger partial charge in [-0.05, 0) is 27.7 Å². The molecule has 0 saturated carbocycles. The second-order valence-electron chi connectivity index (χ2n) is 4.91. The number of nitrogens with zero attached hydrogens (tertiary/aromatic N) is 2. The van der Waals surface area contributed by atoms with Gasteiger partial charge in [0.15, 0.2) is 0 Å². The Balaban J connectivity index is 2.95. The van der Waals surface area contributed by atoms with Gasteiger partial charge in [0, 0.05) is 6.07 Å². The first-order chi connectivity index (χ1) is 7.30. The second kappa shape index (κ2) is 3.10. The molecule has 0 atom stereocenters. The number of hydrogen-bond acceptors (Lipinski definition) is 3. The molecule has 2 rings (SSSR count). The Kier molecular flexibility index (Phi) is 2.08. The quantitative estimate of drug-likeness (QED) is 0.708. The molecule has 0 spiro atoms. The molecule has 0 radical (unpaired) electrons. The van der Waals surface area contributed by atoms with Crippen molar-refractivity contribution in [3.8, 4) is 5.75 Å². The first-order valence-corrected chi connectivity index (χ1v) is 5.13. The number of aromatic nitrogens is 3. The lowest BCUT2D eigenvalue weighted by Crippen LogP contribution is -2.24. The van der Waals surface area contributed by atoms with E-state index in [9.17, 15) is 9.90 Å². The van der Waals surface area contributed by atoms with E-state index in [1.807, 2.05) is 27.7 Å². The molecular formula is C11H15N3O2. The van der Waals surface area contributed by atoms with E-state index in [4.69, 9.17) is 0 Å². The molecule has 0 saturated heterocycles. The van der Waals surface area contributed by atoms with E-state index in [-0.39, 0.29) is 16.8 Å². The predicted molar refractivity (Wildman–Crippen MR) is 61.8 cm³/mol. The summed E-state index contributed by atoms with van der Waals surface area (Å²) < 4.78 is 1.72.